The second-order valence-electron chi connectivity index (χ2n) is 2.31. The van der Waals surface area contributed by atoms with E-state index in [2.05, 4.69) is 20.7 Å². The molecule has 6 heteroatoms. The third-order valence-electron chi connectivity index (χ3n) is 1.37. The molecule has 0 aliphatic carbocycles. The number of ether oxygens (including phenoxy) is 1. The molecule has 0 saturated carbocycles. The molecule has 0 spiro atoms. The summed E-state index contributed by atoms with van der Waals surface area (Å²) in [5, 5.41) is 0.0101. The van der Waals surface area contributed by atoms with E-state index in [9.17, 15) is 13.6 Å². The molecule has 0 aliphatic heterocycles. The lowest BCUT2D eigenvalue weighted by atomic mass is 10.2. The van der Waals surface area contributed by atoms with Gasteiger partial charge in [-0.2, -0.15) is 8.78 Å². The Morgan fingerprint density at radius 1 is 1.50 bits per heavy atom. The minimum absolute atomic E-state index is 0.0101. The molecule has 0 fully saturated rings. The Morgan fingerprint density at radius 2 is 2.14 bits per heavy atom. The van der Waals surface area contributed by atoms with Crippen LogP contribution in [0.5, 0.6) is 5.75 Å². The van der Waals surface area contributed by atoms with Crippen molar-refractivity contribution < 1.29 is 18.3 Å². The number of aldehydes is 1. The van der Waals surface area contributed by atoms with Gasteiger partial charge in [-0.25, -0.2) is 0 Å². The Labute approximate surface area is 91.9 Å². The molecule has 0 radical (unpaired) electrons. The molecular weight excluding hydrogens is 281 g/mol. The van der Waals surface area contributed by atoms with Crippen LogP contribution in [-0.4, -0.2) is 12.9 Å². The number of carbonyl (C=O) groups is 1. The van der Waals surface area contributed by atoms with Gasteiger partial charge in [0.25, 0.3) is 0 Å². The summed E-state index contributed by atoms with van der Waals surface area (Å²) in [7, 11) is 0. The van der Waals surface area contributed by atoms with Gasteiger partial charge in [0.15, 0.2) is 0 Å². The Bertz CT molecular complexity index is 357. The summed E-state index contributed by atoms with van der Waals surface area (Å²) in [5.41, 5.74) is 0.205. The van der Waals surface area contributed by atoms with Gasteiger partial charge in [-0.1, -0.05) is 11.6 Å². The summed E-state index contributed by atoms with van der Waals surface area (Å²) in [6.45, 7) is -2.97. The summed E-state index contributed by atoms with van der Waals surface area (Å²) in [4.78, 5) is 10.4. The molecule has 1 aromatic rings. The van der Waals surface area contributed by atoms with E-state index in [1.54, 1.807) is 0 Å². The number of halogens is 4. The van der Waals surface area contributed by atoms with E-state index in [0.29, 0.717) is 10.8 Å². The summed E-state index contributed by atoms with van der Waals surface area (Å²) in [5.74, 6) is -0.224. The highest BCUT2D eigenvalue weighted by atomic mass is 79.9. The third kappa shape index (κ3) is 2.65. The fraction of sp³-hybridized carbons (Fsp3) is 0.125. The van der Waals surface area contributed by atoms with Crippen LogP contribution >= 0.6 is 27.5 Å². The zero-order valence-corrected chi connectivity index (χ0v) is 8.98. The maximum Gasteiger partial charge on any atom is 0.387 e. The van der Waals surface area contributed by atoms with Gasteiger partial charge >= 0.3 is 6.61 Å². The quantitative estimate of drug-likeness (QED) is 0.794. The van der Waals surface area contributed by atoms with Crippen LogP contribution in [-0.2, 0) is 0 Å². The first-order valence-electron chi connectivity index (χ1n) is 3.43. The van der Waals surface area contributed by atoms with Crippen molar-refractivity contribution in [2.45, 2.75) is 6.61 Å². The number of rotatable bonds is 3. The Morgan fingerprint density at radius 3 is 2.64 bits per heavy atom. The second kappa shape index (κ2) is 4.70. The van der Waals surface area contributed by atoms with Gasteiger partial charge in [-0.3, -0.25) is 4.79 Å². The average Bonchev–Trinajstić information content (AvgIpc) is 2.11. The van der Waals surface area contributed by atoms with Crippen LogP contribution in [0.3, 0.4) is 0 Å². The van der Waals surface area contributed by atoms with Gasteiger partial charge in [0.2, 0.25) is 0 Å². The van der Waals surface area contributed by atoms with Gasteiger partial charge in [-0.15, -0.1) is 0 Å². The average molecular weight is 285 g/mol. The number of hydrogen-bond donors (Lipinski definition) is 0. The number of benzene rings is 1. The van der Waals surface area contributed by atoms with Crippen LogP contribution < -0.4 is 4.74 Å². The van der Waals surface area contributed by atoms with Crippen LogP contribution in [0.15, 0.2) is 16.6 Å². The van der Waals surface area contributed by atoms with Gasteiger partial charge in [0, 0.05) is 10.0 Å². The Kier molecular flexibility index (Phi) is 3.83. The monoisotopic (exact) mass is 284 g/mol. The summed E-state index contributed by atoms with van der Waals surface area (Å²) < 4.78 is 28.2. The van der Waals surface area contributed by atoms with E-state index >= 15 is 0 Å². The minimum Gasteiger partial charge on any atom is -0.433 e. The van der Waals surface area contributed by atoms with E-state index in [-0.39, 0.29) is 16.3 Å². The van der Waals surface area contributed by atoms with E-state index < -0.39 is 6.61 Å². The van der Waals surface area contributed by atoms with Crippen molar-refractivity contribution >= 4 is 33.8 Å². The molecule has 0 aliphatic rings. The SMILES string of the molecule is O=Cc1cc(Br)c(Cl)c(OC(F)F)c1. The molecular formula is C8H4BrClF2O2. The maximum absolute atomic E-state index is 11.9. The summed E-state index contributed by atoms with van der Waals surface area (Å²) in [6.07, 6.45) is 0.513. The topological polar surface area (TPSA) is 26.3 Å². The predicted molar refractivity (Wildman–Crippen MR) is 51.2 cm³/mol. The standard InChI is InChI=1S/C8H4BrClF2O2/c9-5-1-4(3-13)2-6(7(5)10)14-8(11)12/h1-3,8H. The molecule has 76 valence electrons. The lowest BCUT2D eigenvalue weighted by molar-refractivity contribution is -0.0498. The molecule has 0 aromatic heterocycles. The van der Waals surface area contributed by atoms with Crippen molar-refractivity contribution in [2.75, 3.05) is 0 Å². The molecule has 0 unspecified atom stereocenters. The van der Waals surface area contributed by atoms with Crippen molar-refractivity contribution in [3.63, 3.8) is 0 Å². The van der Waals surface area contributed by atoms with Gasteiger partial charge in [0.1, 0.15) is 12.0 Å². The largest absolute Gasteiger partial charge is 0.433 e. The van der Waals surface area contributed by atoms with Crippen LogP contribution in [0.25, 0.3) is 0 Å². The smallest absolute Gasteiger partial charge is 0.387 e. The minimum atomic E-state index is -2.97. The highest BCUT2D eigenvalue weighted by Crippen LogP contribution is 2.34. The lowest BCUT2D eigenvalue weighted by Gasteiger charge is -2.08. The van der Waals surface area contributed by atoms with E-state index in [4.69, 9.17) is 11.6 Å². The molecule has 2 nitrogen and oxygen atoms in total. The van der Waals surface area contributed by atoms with Gasteiger partial charge in [-0.05, 0) is 28.1 Å². The second-order valence-corrected chi connectivity index (χ2v) is 3.54. The fourth-order valence-corrected chi connectivity index (χ4v) is 1.45. The zero-order chi connectivity index (χ0) is 10.7. The van der Waals surface area contributed by atoms with Crippen LogP contribution in [0.2, 0.25) is 5.02 Å². The van der Waals surface area contributed by atoms with Crippen LogP contribution in [0.1, 0.15) is 10.4 Å². The summed E-state index contributed by atoms with van der Waals surface area (Å²) in [6, 6.07) is 2.56. The van der Waals surface area contributed by atoms with Crippen LogP contribution in [0.4, 0.5) is 8.78 Å². The van der Waals surface area contributed by atoms with E-state index in [1.165, 1.54) is 6.07 Å². The molecule has 1 aromatic carbocycles. The van der Waals surface area contributed by atoms with Gasteiger partial charge in [0.05, 0.1) is 5.02 Å². The van der Waals surface area contributed by atoms with Crippen molar-refractivity contribution in [3.05, 3.63) is 27.2 Å². The first-order chi connectivity index (χ1) is 6.54. The molecule has 0 heterocycles. The molecule has 0 amide bonds. The lowest BCUT2D eigenvalue weighted by Crippen LogP contribution is -2.03. The van der Waals surface area contributed by atoms with Crippen LogP contribution in [0, 0.1) is 0 Å². The summed E-state index contributed by atoms with van der Waals surface area (Å²) >= 11 is 8.66. The third-order valence-corrected chi connectivity index (χ3v) is 2.61. The van der Waals surface area contributed by atoms with Crippen molar-refractivity contribution in [1.82, 2.24) is 0 Å². The normalized spacial score (nSPS) is 10.4. The first kappa shape index (κ1) is 11.4. The Balaban J connectivity index is 3.13. The van der Waals surface area contributed by atoms with E-state index in [0.717, 1.165) is 6.07 Å². The van der Waals surface area contributed by atoms with E-state index in [1.807, 2.05) is 0 Å². The molecule has 14 heavy (non-hydrogen) atoms. The first-order valence-corrected chi connectivity index (χ1v) is 4.60. The van der Waals surface area contributed by atoms with Gasteiger partial charge < -0.3 is 4.74 Å². The molecule has 0 saturated heterocycles. The molecule has 0 bridgehead atoms. The number of alkyl halides is 2. The fourth-order valence-electron chi connectivity index (χ4n) is 0.834. The predicted octanol–water partition coefficient (Wildman–Crippen LogP) is 3.52. The van der Waals surface area contributed by atoms with Crippen molar-refractivity contribution in [2.24, 2.45) is 0 Å². The highest BCUT2D eigenvalue weighted by molar-refractivity contribution is 9.10. The van der Waals surface area contributed by atoms with Crippen molar-refractivity contribution in [1.29, 1.82) is 0 Å². The Hall–Kier alpha value is -0.680. The number of hydrogen-bond acceptors (Lipinski definition) is 2. The number of carbonyl (C=O) groups excluding carboxylic acids is 1. The maximum atomic E-state index is 11.9. The molecule has 0 atom stereocenters. The highest BCUT2D eigenvalue weighted by Gasteiger charge is 2.12. The van der Waals surface area contributed by atoms with Crippen molar-refractivity contribution in [3.8, 4) is 5.75 Å². The molecule has 1 rings (SSSR count). The zero-order valence-electron chi connectivity index (χ0n) is 6.64. The molecule has 0 N–H and O–H groups in total.